The molecule has 1 heterocycles. The van der Waals surface area contributed by atoms with Gasteiger partial charge in [-0.1, -0.05) is 30.1 Å². The lowest BCUT2D eigenvalue weighted by atomic mass is 10.0. The van der Waals surface area contributed by atoms with E-state index in [0.29, 0.717) is 29.7 Å². The highest BCUT2D eigenvalue weighted by atomic mass is 35.5. The number of anilines is 1. The van der Waals surface area contributed by atoms with Crippen molar-refractivity contribution in [3.8, 4) is 0 Å². The molecule has 1 aliphatic rings. The molecule has 0 unspecified atom stereocenters. The summed E-state index contributed by atoms with van der Waals surface area (Å²) in [5.41, 5.74) is 0.727. The predicted molar refractivity (Wildman–Crippen MR) is 108 cm³/mol. The zero-order valence-electron chi connectivity index (χ0n) is 14.8. The van der Waals surface area contributed by atoms with Gasteiger partial charge in [0.1, 0.15) is 0 Å². The monoisotopic (exact) mass is 426 g/mol. The molecular weight excluding hydrogens is 407 g/mol. The normalized spacial score (nSPS) is 16.3. The van der Waals surface area contributed by atoms with Crippen molar-refractivity contribution < 1.29 is 13.2 Å². The Morgan fingerprint density at radius 2 is 1.70 bits per heavy atom. The maximum atomic E-state index is 12.7. The van der Waals surface area contributed by atoms with E-state index >= 15 is 0 Å². The molecule has 0 atom stereocenters. The van der Waals surface area contributed by atoms with E-state index in [2.05, 4.69) is 12.2 Å². The standard InChI is InChI=1S/C19H20Cl2N2O3S/c1-13-8-10-23(11-9-13)27(25,26)16-5-3-15(4-6-16)22-19(24)17-12-14(20)2-7-18(17)21/h2-7,12-13H,8-11H2,1H3,(H,22,24). The third-order valence-electron chi connectivity index (χ3n) is 4.67. The van der Waals surface area contributed by atoms with Gasteiger partial charge in [0.15, 0.2) is 0 Å². The Balaban J connectivity index is 1.73. The second-order valence-corrected chi connectivity index (χ2v) is 9.47. The molecule has 2 aromatic rings. The molecule has 1 aliphatic heterocycles. The van der Waals surface area contributed by atoms with E-state index < -0.39 is 15.9 Å². The van der Waals surface area contributed by atoms with Crippen molar-refractivity contribution in [2.75, 3.05) is 18.4 Å². The predicted octanol–water partition coefficient (Wildman–Crippen LogP) is 4.67. The average molecular weight is 427 g/mol. The van der Waals surface area contributed by atoms with Gasteiger partial charge in [0, 0.05) is 23.8 Å². The number of nitrogens with one attached hydrogen (secondary N) is 1. The number of hydrogen-bond donors (Lipinski definition) is 1. The molecule has 5 nitrogen and oxygen atoms in total. The second kappa shape index (κ2) is 8.19. The van der Waals surface area contributed by atoms with E-state index in [1.807, 2.05) is 0 Å². The maximum absolute atomic E-state index is 12.7. The van der Waals surface area contributed by atoms with Crippen LogP contribution >= 0.6 is 23.2 Å². The summed E-state index contributed by atoms with van der Waals surface area (Å²) >= 11 is 11.9. The molecule has 0 aliphatic carbocycles. The Hall–Kier alpha value is -1.60. The van der Waals surface area contributed by atoms with Gasteiger partial charge in [-0.3, -0.25) is 4.79 Å². The molecule has 0 bridgehead atoms. The highest BCUT2D eigenvalue weighted by Crippen LogP contribution is 2.25. The fourth-order valence-electron chi connectivity index (χ4n) is 2.95. The molecular formula is C19H20Cl2N2O3S. The number of carbonyl (C=O) groups is 1. The largest absolute Gasteiger partial charge is 0.322 e. The van der Waals surface area contributed by atoms with Crippen molar-refractivity contribution in [3.05, 3.63) is 58.1 Å². The number of sulfonamides is 1. The smallest absolute Gasteiger partial charge is 0.257 e. The SMILES string of the molecule is CC1CCN(S(=O)(=O)c2ccc(NC(=O)c3cc(Cl)ccc3Cl)cc2)CC1. The van der Waals surface area contributed by atoms with Crippen molar-refractivity contribution in [2.45, 2.75) is 24.7 Å². The van der Waals surface area contributed by atoms with Crippen molar-refractivity contribution in [1.29, 1.82) is 0 Å². The Labute approximate surface area is 169 Å². The molecule has 1 amide bonds. The number of amides is 1. The molecule has 0 saturated carbocycles. The number of hydrogen-bond acceptors (Lipinski definition) is 3. The number of nitrogens with zero attached hydrogens (tertiary/aromatic N) is 1. The van der Waals surface area contributed by atoms with Crippen LogP contribution in [0.25, 0.3) is 0 Å². The van der Waals surface area contributed by atoms with Gasteiger partial charge >= 0.3 is 0 Å². The van der Waals surface area contributed by atoms with Gasteiger partial charge in [-0.2, -0.15) is 4.31 Å². The van der Waals surface area contributed by atoms with Crippen LogP contribution in [0.2, 0.25) is 10.0 Å². The van der Waals surface area contributed by atoms with Crippen LogP contribution in [0.1, 0.15) is 30.1 Å². The molecule has 1 N–H and O–H groups in total. The van der Waals surface area contributed by atoms with Gasteiger partial charge in [0.05, 0.1) is 15.5 Å². The van der Waals surface area contributed by atoms with Gasteiger partial charge in [-0.05, 0) is 61.2 Å². The van der Waals surface area contributed by atoms with Crippen LogP contribution in [-0.2, 0) is 10.0 Å². The molecule has 27 heavy (non-hydrogen) atoms. The number of rotatable bonds is 4. The van der Waals surface area contributed by atoms with Gasteiger partial charge in [0.2, 0.25) is 10.0 Å². The first-order valence-electron chi connectivity index (χ1n) is 8.64. The fourth-order valence-corrected chi connectivity index (χ4v) is 4.80. The summed E-state index contributed by atoms with van der Waals surface area (Å²) in [6.07, 6.45) is 1.74. The number of carbonyl (C=O) groups excluding carboxylic acids is 1. The Morgan fingerprint density at radius 1 is 1.07 bits per heavy atom. The molecule has 1 fully saturated rings. The van der Waals surface area contributed by atoms with Crippen LogP contribution in [0.15, 0.2) is 47.4 Å². The number of piperidine rings is 1. The van der Waals surface area contributed by atoms with E-state index in [1.54, 1.807) is 24.3 Å². The number of benzene rings is 2. The van der Waals surface area contributed by atoms with Crippen LogP contribution in [-0.4, -0.2) is 31.7 Å². The lowest BCUT2D eigenvalue weighted by molar-refractivity contribution is 0.102. The zero-order chi connectivity index (χ0) is 19.6. The Morgan fingerprint density at radius 3 is 2.33 bits per heavy atom. The third kappa shape index (κ3) is 4.63. The molecule has 0 spiro atoms. The maximum Gasteiger partial charge on any atom is 0.257 e. The summed E-state index contributed by atoms with van der Waals surface area (Å²) in [6, 6.07) is 10.8. The van der Waals surface area contributed by atoms with E-state index in [9.17, 15) is 13.2 Å². The molecule has 3 rings (SSSR count). The molecule has 0 radical (unpaired) electrons. The van der Waals surface area contributed by atoms with Crippen molar-refractivity contribution in [2.24, 2.45) is 5.92 Å². The van der Waals surface area contributed by atoms with Gasteiger partial charge in [-0.25, -0.2) is 8.42 Å². The molecule has 2 aromatic carbocycles. The summed E-state index contributed by atoms with van der Waals surface area (Å²) < 4.78 is 27.0. The van der Waals surface area contributed by atoms with E-state index in [-0.39, 0.29) is 15.5 Å². The van der Waals surface area contributed by atoms with Crippen molar-refractivity contribution in [1.82, 2.24) is 4.31 Å². The first kappa shape index (κ1) is 20.1. The minimum atomic E-state index is -3.51. The van der Waals surface area contributed by atoms with Crippen LogP contribution in [0, 0.1) is 5.92 Å². The van der Waals surface area contributed by atoms with Crippen LogP contribution in [0.5, 0.6) is 0 Å². The van der Waals surface area contributed by atoms with Gasteiger partial charge < -0.3 is 5.32 Å². The fraction of sp³-hybridized carbons (Fsp3) is 0.316. The summed E-state index contributed by atoms with van der Waals surface area (Å²) in [4.78, 5) is 12.6. The summed E-state index contributed by atoms with van der Waals surface area (Å²) in [5.74, 6) is 0.135. The Bertz CT molecular complexity index is 938. The average Bonchev–Trinajstić information content (AvgIpc) is 2.64. The van der Waals surface area contributed by atoms with Gasteiger partial charge in [-0.15, -0.1) is 0 Å². The highest BCUT2D eigenvalue weighted by Gasteiger charge is 2.27. The van der Waals surface area contributed by atoms with Crippen LogP contribution in [0.4, 0.5) is 5.69 Å². The molecule has 1 saturated heterocycles. The van der Waals surface area contributed by atoms with Crippen LogP contribution in [0.3, 0.4) is 0 Å². The van der Waals surface area contributed by atoms with E-state index in [4.69, 9.17) is 23.2 Å². The van der Waals surface area contributed by atoms with Crippen LogP contribution < -0.4 is 5.32 Å². The highest BCUT2D eigenvalue weighted by molar-refractivity contribution is 7.89. The summed E-state index contributed by atoms with van der Waals surface area (Å²) in [6.45, 7) is 3.21. The first-order valence-corrected chi connectivity index (χ1v) is 10.8. The van der Waals surface area contributed by atoms with Crippen molar-refractivity contribution >= 4 is 44.8 Å². The Kier molecular flexibility index (Phi) is 6.11. The van der Waals surface area contributed by atoms with E-state index in [0.717, 1.165) is 12.8 Å². The lowest BCUT2D eigenvalue weighted by Crippen LogP contribution is -2.37. The minimum absolute atomic E-state index is 0.218. The quantitative estimate of drug-likeness (QED) is 0.772. The third-order valence-corrected chi connectivity index (χ3v) is 7.14. The second-order valence-electron chi connectivity index (χ2n) is 6.69. The molecule has 144 valence electrons. The van der Waals surface area contributed by atoms with Gasteiger partial charge in [0.25, 0.3) is 5.91 Å². The molecule has 0 aromatic heterocycles. The van der Waals surface area contributed by atoms with Crippen molar-refractivity contribution in [3.63, 3.8) is 0 Å². The lowest BCUT2D eigenvalue weighted by Gasteiger charge is -2.29. The first-order chi connectivity index (χ1) is 12.8. The number of halogens is 2. The minimum Gasteiger partial charge on any atom is -0.322 e. The summed E-state index contributed by atoms with van der Waals surface area (Å²) in [5, 5.41) is 3.39. The van der Waals surface area contributed by atoms with E-state index in [1.165, 1.54) is 22.5 Å². The summed E-state index contributed by atoms with van der Waals surface area (Å²) in [7, 11) is -3.51. The zero-order valence-corrected chi connectivity index (χ0v) is 17.1. The topological polar surface area (TPSA) is 66.5 Å². The molecule has 8 heteroatoms.